The van der Waals surface area contributed by atoms with E-state index < -0.39 is 0 Å². The third kappa shape index (κ3) is 4.52. The van der Waals surface area contributed by atoms with Gasteiger partial charge in [0.2, 0.25) is 0 Å². The van der Waals surface area contributed by atoms with E-state index in [1.807, 2.05) is 31.2 Å². The molecule has 0 radical (unpaired) electrons. The molecule has 2 aromatic carbocycles. The zero-order chi connectivity index (χ0) is 15.9. The van der Waals surface area contributed by atoms with Crippen LogP contribution in [0, 0.1) is 6.92 Å². The fourth-order valence-corrected chi connectivity index (χ4v) is 2.04. The van der Waals surface area contributed by atoms with Gasteiger partial charge in [-0.1, -0.05) is 12.1 Å². The summed E-state index contributed by atoms with van der Waals surface area (Å²) in [4.78, 5) is 11.2. The molecule has 4 nitrogen and oxygen atoms in total. The van der Waals surface area contributed by atoms with Crippen LogP contribution in [0.25, 0.3) is 0 Å². The first-order valence-corrected chi connectivity index (χ1v) is 7.22. The molecule has 0 unspecified atom stereocenters. The number of phenolic OH excluding ortho intramolecular Hbond substituents is 1. The molecule has 1 N–H and O–H groups in total. The van der Waals surface area contributed by atoms with E-state index in [0.717, 1.165) is 17.7 Å². The van der Waals surface area contributed by atoms with Crippen LogP contribution in [-0.4, -0.2) is 24.1 Å². The molecular formula is C18H20O4. The summed E-state index contributed by atoms with van der Waals surface area (Å²) in [5.41, 5.74) is 1.46. The number of carbonyl (C=O) groups is 1. The van der Waals surface area contributed by atoms with E-state index in [-0.39, 0.29) is 11.5 Å². The monoisotopic (exact) mass is 300 g/mol. The number of hydrogen-bond donors (Lipinski definition) is 1. The second-order valence-corrected chi connectivity index (χ2v) is 5.10. The van der Waals surface area contributed by atoms with Gasteiger partial charge in [-0.15, -0.1) is 0 Å². The maximum absolute atomic E-state index is 11.2. The predicted molar refractivity (Wildman–Crippen MR) is 84.9 cm³/mol. The molecule has 0 spiro atoms. The lowest BCUT2D eigenvalue weighted by atomic mass is 10.1. The molecule has 0 saturated heterocycles. The Labute approximate surface area is 130 Å². The average molecular weight is 300 g/mol. The van der Waals surface area contributed by atoms with Crippen molar-refractivity contribution in [1.82, 2.24) is 0 Å². The SMILES string of the molecule is CC(=O)c1ccc(OCCCOc2cccc(C)c2)cc1O. The molecule has 0 fully saturated rings. The van der Waals surface area contributed by atoms with Gasteiger partial charge in [0.25, 0.3) is 0 Å². The standard InChI is InChI=1S/C18H20O4/c1-13-5-3-6-15(11-13)21-9-4-10-22-16-7-8-17(14(2)19)18(20)12-16/h3,5-8,11-12,20H,4,9-10H2,1-2H3. The van der Waals surface area contributed by atoms with Crippen molar-refractivity contribution < 1.29 is 19.4 Å². The van der Waals surface area contributed by atoms with Crippen molar-refractivity contribution in [2.24, 2.45) is 0 Å². The molecular weight excluding hydrogens is 280 g/mol. The Bertz CT molecular complexity index is 649. The molecule has 0 aliphatic carbocycles. The van der Waals surface area contributed by atoms with E-state index in [1.54, 1.807) is 12.1 Å². The van der Waals surface area contributed by atoms with Gasteiger partial charge in [-0.2, -0.15) is 0 Å². The summed E-state index contributed by atoms with van der Waals surface area (Å²) in [6.45, 7) is 4.47. The third-order valence-corrected chi connectivity index (χ3v) is 3.16. The lowest BCUT2D eigenvalue weighted by Crippen LogP contribution is -2.05. The quantitative estimate of drug-likeness (QED) is 0.625. The van der Waals surface area contributed by atoms with Crippen LogP contribution in [0.1, 0.15) is 29.3 Å². The largest absolute Gasteiger partial charge is 0.507 e. The number of ether oxygens (including phenoxy) is 2. The molecule has 0 amide bonds. The number of ketones is 1. The van der Waals surface area contributed by atoms with Crippen molar-refractivity contribution in [3.8, 4) is 17.2 Å². The summed E-state index contributed by atoms with van der Waals surface area (Å²) in [7, 11) is 0. The zero-order valence-electron chi connectivity index (χ0n) is 12.8. The van der Waals surface area contributed by atoms with Gasteiger partial charge in [0.05, 0.1) is 18.8 Å². The predicted octanol–water partition coefficient (Wildman–Crippen LogP) is 3.75. The maximum atomic E-state index is 11.2. The van der Waals surface area contributed by atoms with Gasteiger partial charge in [0.15, 0.2) is 5.78 Å². The number of carbonyl (C=O) groups excluding carboxylic acids is 1. The Morgan fingerprint density at radius 1 is 1.05 bits per heavy atom. The van der Waals surface area contributed by atoms with Gasteiger partial charge in [-0.3, -0.25) is 4.79 Å². The Morgan fingerprint density at radius 2 is 1.73 bits per heavy atom. The van der Waals surface area contributed by atoms with E-state index in [4.69, 9.17) is 9.47 Å². The smallest absolute Gasteiger partial charge is 0.163 e. The number of phenols is 1. The van der Waals surface area contributed by atoms with Crippen LogP contribution in [0.3, 0.4) is 0 Å². The summed E-state index contributed by atoms with van der Waals surface area (Å²) < 4.78 is 11.2. The fraction of sp³-hybridized carbons (Fsp3) is 0.278. The second kappa shape index (κ2) is 7.50. The lowest BCUT2D eigenvalue weighted by molar-refractivity contribution is 0.101. The summed E-state index contributed by atoms with van der Waals surface area (Å²) in [5, 5.41) is 9.71. The van der Waals surface area contributed by atoms with Gasteiger partial charge in [0.1, 0.15) is 17.2 Å². The Hall–Kier alpha value is -2.49. The highest BCUT2D eigenvalue weighted by Gasteiger charge is 2.07. The van der Waals surface area contributed by atoms with Gasteiger partial charge in [-0.25, -0.2) is 0 Å². The first-order valence-electron chi connectivity index (χ1n) is 7.22. The van der Waals surface area contributed by atoms with Crippen LogP contribution in [-0.2, 0) is 0 Å². The highest BCUT2D eigenvalue weighted by molar-refractivity contribution is 5.96. The fourth-order valence-electron chi connectivity index (χ4n) is 2.04. The summed E-state index contributed by atoms with van der Waals surface area (Å²) in [5.74, 6) is 1.16. The minimum absolute atomic E-state index is 0.0546. The second-order valence-electron chi connectivity index (χ2n) is 5.10. The molecule has 0 bridgehead atoms. The first kappa shape index (κ1) is 15.9. The minimum Gasteiger partial charge on any atom is -0.507 e. The number of benzene rings is 2. The molecule has 0 aliphatic heterocycles. The van der Waals surface area contributed by atoms with Crippen molar-refractivity contribution in [1.29, 1.82) is 0 Å². The first-order chi connectivity index (χ1) is 10.6. The van der Waals surface area contributed by atoms with Crippen molar-refractivity contribution in [3.05, 3.63) is 53.6 Å². The van der Waals surface area contributed by atoms with Crippen molar-refractivity contribution >= 4 is 5.78 Å². The number of Topliss-reactive ketones (excluding diaryl/α,β-unsaturated/α-hetero) is 1. The Morgan fingerprint density at radius 3 is 2.32 bits per heavy atom. The lowest BCUT2D eigenvalue weighted by Gasteiger charge is -2.09. The number of rotatable bonds is 7. The number of hydrogen-bond acceptors (Lipinski definition) is 4. The van der Waals surface area contributed by atoms with E-state index >= 15 is 0 Å². The van der Waals surface area contributed by atoms with Crippen LogP contribution in [0.2, 0.25) is 0 Å². The van der Waals surface area contributed by atoms with Crippen LogP contribution >= 0.6 is 0 Å². The highest BCUT2D eigenvalue weighted by atomic mass is 16.5. The van der Waals surface area contributed by atoms with Crippen LogP contribution in [0.5, 0.6) is 17.2 Å². The molecule has 116 valence electrons. The molecule has 2 rings (SSSR count). The van der Waals surface area contributed by atoms with Crippen molar-refractivity contribution in [2.45, 2.75) is 20.3 Å². The van der Waals surface area contributed by atoms with Crippen LogP contribution < -0.4 is 9.47 Å². The molecule has 0 atom stereocenters. The molecule has 0 aliphatic rings. The number of aryl methyl sites for hydroxylation is 1. The highest BCUT2D eigenvalue weighted by Crippen LogP contribution is 2.24. The van der Waals surface area contributed by atoms with E-state index in [9.17, 15) is 9.90 Å². The Kier molecular flexibility index (Phi) is 5.42. The topological polar surface area (TPSA) is 55.8 Å². The van der Waals surface area contributed by atoms with E-state index in [0.29, 0.717) is 24.5 Å². The summed E-state index contributed by atoms with van der Waals surface area (Å²) in [6.07, 6.45) is 0.725. The van der Waals surface area contributed by atoms with Gasteiger partial charge >= 0.3 is 0 Å². The average Bonchev–Trinajstić information content (AvgIpc) is 2.46. The summed E-state index contributed by atoms with van der Waals surface area (Å²) in [6, 6.07) is 12.6. The zero-order valence-corrected chi connectivity index (χ0v) is 12.8. The minimum atomic E-state index is -0.171. The van der Waals surface area contributed by atoms with E-state index in [1.165, 1.54) is 13.0 Å². The molecule has 2 aromatic rings. The van der Waals surface area contributed by atoms with Gasteiger partial charge < -0.3 is 14.6 Å². The molecule has 0 aromatic heterocycles. The van der Waals surface area contributed by atoms with Gasteiger partial charge in [0, 0.05) is 12.5 Å². The Balaban J connectivity index is 1.75. The van der Waals surface area contributed by atoms with Crippen molar-refractivity contribution in [3.63, 3.8) is 0 Å². The number of aromatic hydroxyl groups is 1. The third-order valence-electron chi connectivity index (χ3n) is 3.16. The van der Waals surface area contributed by atoms with Crippen LogP contribution in [0.4, 0.5) is 0 Å². The maximum Gasteiger partial charge on any atom is 0.163 e. The molecule has 22 heavy (non-hydrogen) atoms. The molecule has 4 heteroatoms. The molecule has 0 saturated carbocycles. The summed E-state index contributed by atoms with van der Waals surface area (Å²) >= 11 is 0. The van der Waals surface area contributed by atoms with E-state index in [2.05, 4.69) is 0 Å². The van der Waals surface area contributed by atoms with Gasteiger partial charge in [-0.05, 0) is 43.7 Å². The molecule has 0 heterocycles. The normalized spacial score (nSPS) is 10.3. The van der Waals surface area contributed by atoms with Crippen LogP contribution in [0.15, 0.2) is 42.5 Å². The van der Waals surface area contributed by atoms with Crippen molar-refractivity contribution in [2.75, 3.05) is 13.2 Å².